The monoisotopic (exact) mass is 234 g/mol. The summed E-state index contributed by atoms with van der Waals surface area (Å²) >= 11 is 0. The molecule has 0 saturated heterocycles. The fourth-order valence-electron chi connectivity index (χ4n) is 1.10. The number of ketones is 3. The number of rotatable bonds is 4. The molecule has 0 aliphatic carbocycles. The van der Waals surface area contributed by atoms with Crippen LogP contribution < -0.4 is 0 Å². The van der Waals surface area contributed by atoms with Crippen molar-refractivity contribution in [3.63, 3.8) is 0 Å². The van der Waals surface area contributed by atoms with E-state index in [0.717, 1.165) is 12.5 Å². The van der Waals surface area contributed by atoms with E-state index in [0.29, 0.717) is 0 Å². The van der Waals surface area contributed by atoms with Crippen LogP contribution in [0.15, 0.2) is 47.4 Å². The van der Waals surface area contributed by atoms with Crippen molar-refractivity contribution in [2.75, 3.05) is 0 Å². The summed E-state index contributed by atoms with van der Waals surface area (Å²) in [6, 6.07) is 2.73. The molecule has 0 saturated carbocycles. The van der Waals surface area contributed by atoms with Gasteiger partial charge in [0.1, 0.15) is 18.8 Å². The van der Waals surface area contributed by atoms with Crippen molar-refractivity contribution in [3.8, 4) is 0 Å². The summed E-state index contributed by atoms with van der Waals surface area (Å²) in [5, 5.41) is 0. The van der Waals surface area contributed by atoms with E-state index >= 15 is 0 Å². The highest BCUT2D eigenvalue weighted by Crippen LogP contribution is 2.10. The summed E-state index contributed by atoms with van der Waals surface area (Å²) in [4.78, 5) is 34.5. The van der Waals surface area contributed by atoms with E-state index in [-0.39, 0.29) is 11.5 Å². The Hall–Kier alpha value is -2.63. The Morgan fingerprint density at radius 3 is 2.47 bits per heavy atom. The second-order valence-corrected chi connectivity index (χ2v) is 2.97. The summed E-state index contributed by atoms with van der Waals surface area (Å²) in [6.45, 7) is 0. The van der Waals surface area contributed by atoms with E-state index < -0.39 is 17.3 Å². The van der Waals surface area contributed by atoms with Crippen LogP contribution in [0, 0.1) is 0 Å². The molecular formula is C11H6O6. The quantitative estimate of drug-likeness (QED) is 0.438. The average Bonchev–Trinajstić information content (AvgIpc) is 2.91. The second-order valence-electron chi connectivity index (χ2n) is 2.97. The molecule has 6 nitrogen and oxygen atoms in total. The maximum Gasteiger partial charge on any atom is 0.280 e. The lowest BCUT2D eigenvalue weighted by Gasteiger charge is -2.06. The van der Waals surface area contributed by atoms with Gasteiger partial charge in [0, 0.05) is 0 Å². The molecule has 6 heteroatoms. The third kappa shape index (κ3) is 2.15. The number of Topliss-reactive ketones (excluding diaryl/α,β-unsaturated/α-hetero) is 3. The molecule has 0 radical (unpaired) electrons. The normalized spacial score (nSPS) is 13.3. The molecule has 0 bridgehead atoms. The third-order valence-electron chi connectivity index (χ3n) is 1.89. The lowest BCUT2D eigenvalue weighted by Crippen LogP contribution is -2.26. The lowest BCUT2D eigenvalue weighted by atomic mass is 10.1. The molecule has 0 aromatic carbocycles. The number of allylic oxidation sites excluding steroid dienone is 1. The summed E-state index contributed by atoms with van der Waals surface area (Å²) < 4.78 is 14.1. The van der Waals surface area contributed by atoms with Gasteiger partial charge in [-0.25, -0.2) is 0 Å². The van der Waals surface area contributed by atoms with Crippen LogP contribution in [0.25, 0.3) is 0 Å². The standard InChI is InChI=1S/C11H6O6/c12-9(7-2-1-3-16-7)11(14)10(13)8-6-15-4-5-17-8/h1-6H. The molecule has 2 rings (SSSR count). The van der Waals surface area contributed by atoms with Crippen LogP contribution in [0.1, 0.15) is 10.6 Å². The highest BCUT2D eigenvalue weighted by atomic mass is 16.5. The Labute approximate surface area is 95.1 Å². The first kappa shape index (κ1) is 10.9. The lowest BCUT2D eigenvalue weighted by molar-refractivity contribution is -0.133. The van der Waals surface area contributed by atoms with Crippen LogP contribution in [0.3, 0.4) is 0 Å². The summed E-state index contributed by atoms with van der Waals surface area (Å²) in [7, 11) is 0. The Kier molecular flexibility index (Phi) is 2.87. The van der Waals surface area contributed by atoms with Gasteiger partial charge in [-0.2, -0.15) is 0 Å². The minimum atomic E-state index is -1.25. The Balaban J connectivity index is 2.13. The molecule has 1 aromatic heterocycles. The summed E-state index contributed by atoms with van der Waals surface area (Å²) in [5.74, 6) is -3.91. The van der Waals surface area contributed by atoms with Gasteiger partial charge in [0.05, 0.1) is 6.26 Å². The number of hydrogen-bond donors (Lipinski definition) is 0. The zero-order chi connectivity index (χ0) is 12.3. The molecule has 17 heavy (non-hydrogen) atoms. The first-order valence-electron chi connectivity index (χ1n) is 4.54. The minimum absolute atomic E-state index is 0.198. The van der Waals surface area contributed by atoms with Gasteiger partial charge in [0.25, 0.3) is 17.3 Å². The van der Waals surface area contributed by atoms with Gasteiger partial charge in [-0.05, 0) is 12.1 Å². The number of carbonyl (C=O) groups is 3. The van der Waals surface area contributed by atoms with E-state index in [1.807, 2.05) is 0 Å². The molecule has 1 aliphatic rings. The van der Waals surface area contributed by atoms with Crippen LogP contribution in [-0.2, 0) is 19.1 Å². The zero-order valence-electron chi connectivity index (χ0n) is 8.41. The fraction of sp³-hybridized carbons (Fsp3) is 0. The molecule has 86 valence electrons. The Morgan fingerprint density at radius 2 is 1.88 bits per heavy atom. The first-order valence-corrected chi connectivity index (χ1v) is 4.54. The molecule has 0 fully saturated rings. The maximum absolute atomic E-state index is 11.5. The van der Waals surface area contributed by atoms with Gasteiger partial charge in [0.15, 0.2) is 5.76 Å². The largest absolute Gasteiger partial charge is 0.465 e. The maximum atomic E-state index is 11.5. The van der Waals surface area contributed by atoms with E-state index in [1.165, 1.54) is 24.7 Å². The predicted molar refractivity (Wildman–Crippen MR) is 52.4 cm³/mol. The molecule has 0 amide bonds. The molecule has 2 heterocycles. The Bertz CT molecular complexity index is 520. The minimum Gasteiger partial charge on any atom is -0.465 e. The van der Waals surface area contributed by atoms with Gasteiger partial charge in [-0.3, -0.25) is 14.4 Å². The Morgan fingerprint density at radius 1 is 1.06 bits per heavy atom. The third-order valence-corrected chi connectivity index (χ3v) is 1.89. The van der Waals surface area contributed by atoms with Crippen molar-refractivity contribution in [3.05, 3.63) is 48.7 Å². The number of carbonyl (C=O) groups excluding carboxylic acids is 3. The number of ether oxygens (including phenoxy) is 2. The highest BCUT2D eigenvalue weighted by molar-refractivity contribution is 6.69. The van der Waals surface area contributed by atoms with Crippen molar-refractivity contribution in [1.29, 1.82) is 0 Å². The topological polar surface area (TPSA) is 82.8 Å². The number of furan rings is 1. The van der Waals surface area contributed by atoms with Gasteiger partial charge in [-0.1, -0.05) is 0 Å². The van der Waals surface area contributed by atoms with E-state index in [9.17, 15) is 14.4 Å². The van der Waals surface area contributed by atoms with Crippen LogP contribution >= 0.6 is 0 Å². The molecule has 0 atom stereocenters. The highest BCUT2D eigenvalue weighted by Gasteiger charge is 2.30. The molecule has 0 N–H and O–H groups in total. The van der Waals surface area contributed by atoms with Crippen LogP contribution in [0.4, 0.5) is 0 Å². The number of hydrogen-bond acceptors (Lipinski definition) is 6. The molecule has 1 aliphatic heterocycles. The van der Waals surface area contributed by atoms with Gasteiger partial charge >= 0.3 is 0 Å². The van der Waals surface area contributed by atoms with Crippen LogP contribution in [0.5, 0.6) is 0 Å². The second kappa shape index (κ2) is 4.48. The SMILES string of the molecule is O=C(C(=O)C1=COC=CO1)C(=O)c1ccco1. The predicted octanol–water partition coefficient (Wildman–Crippen LogP) is 0.960. The van der Waals surface area contributed by atoms with Gasteiger partial charge < -0.3 is 13.9 Å². The zero-order valence-corrected chi connectivity index (χ0v) is 8.41. The first-order chi connectivity index (χ1) is 8.20. The molecule has 1 aromatic rings. The van der Waals surface area contributed by atoms with Crippen molar-refractivity contribution in [1.82, 2.24) is 0 Å². The van der Waals surface area contributed by atoms with Crippen molar-refractivity contribution in [2.24, 2.45) is 0 Å². The molecule has 0 spiro atoms. The van der Waals surface area contributed by atoms with Gasteiger partial charge in [-0.15, -0.1) is 0 Å². The fourth-order valence-corrected chi connectivity index (χ4v) is 1.10. The van der Waals surface area contributed by atoms with Crippen LogP contribution in [0.2, 0.25) is 0 Å². The van der Waals surface area contributed by atoms with Crippen molar-refractivity contribution in [2.45, 2.75) is 0 Å². The molecular weight excluding hydrogens is 228 g/mol. The van der Waals surface area contributed by atoms with E-state index in [1.54, 1.807) is 0 Å². The van der Waals surface area contributed by atoms with Crippen molar-refractivity contribution >= 4 is 17.3 Å². The molecule has 0 unspecified atom stereocenters. The average molecular weight is 234 g/mol. The van der Waals surface area contributed by atoms with Gasteiger partial charge in [0.2, 0.25) is 5.76 Å². The summed E-state index contributed by atoms with van der Waals surface area (Å²) in [6.07, 6.45) is 4.43. The van der Waals surface area contributed by atoms with Crippen molar-refractivity contribution < 1.29 is 28.3 Å². The summed E-state index contributed by atoms with van der Waals surface area (Å²) in [5.41, 5.74) is 0. The van der Waals surface area contributed by atoms with Crippen LogP contribution in [-0.4, -0.2) is 17.3 Å². The van der Waals surface area contributed by atoms with E-state index in [2.05, 4.69) is 4.74 Å². The smallest absolute Gasteiger partial charge is 0.280 e. The van der Waals surface area contributed by atoms with E-state index in [4.69, 9.17) is 9.15 Å².